The average molecular weight is 273 g/mol. The number of benzene rings is 1. The maximum absolute atomic E-state index is 13.7. The Morgan fingerprint density at radius 2 is 2.00 bits per heavy atom. The molecule has 3 nitrogen and oxygen atoms in total. The molecule has 1 atom stereocenters. The van der Waals surface area contributed by atoms with Gasteiger partial charge in [-0.05, 0) is 19.1 Å². The number of alkyl halides is 3. The van der Waals surface area contributed by atoms with Crippen LogP contribution < -0.4 is 5.73 Å². The van der Waals surface area contributed by atoms with Crippen molar-refractivity contribution in [2.24, 2.45) is 5.73 Å². The highest BCUT2D eigenvalue weighted by Gasteiger charge is 2.32. The Bertz CT molecular complexity index is 587. The largest absolute Gasteiger partial charge is 0.419 e. The van der Waals surface area contributed by atoms with Crippen LogP contribution in [0.3, 0.4) is 0 Å². The topological polar surface area (TPSA) is 43.8 Å². The maximum Gasteiger partial charge on any atom is 0.419 e. The van der Waals surface area contributed by atoms with Gasteiger partial charge in [0.15, 0.2) is 0 Å². The smallest absolute Gasteiger partial charge is 0.324 e. The fraction of sp³-hybridized carbons (Fsp3) is 0.250. The molecule has 0 aliphatic rings. The summed E-state index contributed by atoms with van der Waals surface area (Å²) < 4.78 is 52.2. The number of nitrogens with zero attached hydrogens (tertiary/aromatic N) is 2. The van der Waals surface area contributed by atoms with Crippen LogP contribution in [0.15, 0.2) is 30.6 Å². The van der Waals surface area contributed by atoms with Gasteiger partial charge in [0, 0.05) is 17.8 Å². The highest BCUT2D eigenvalue weighted by molar-refractivity contribution is 5.43. The van der Waals surface area contributed by atoms with E-state index in [0.29, 0.717) is 6.20 Å². The molecule has 1 aromatic carbocycles. The fourth-order valence-corrected chi connectivity index (χ4v) is 1.78. The highest BCUT2D eigenvalue weighted by atomic mass is 19.4. The summed E-state index contributed by atoms with van der Waals surface area (Å²) in [4.78, 5) is 0. The van der Waals surface area contributed by atoms with Crippen molar-refractivity contribution in [1.82, 2.24) is 9.78 Å². The van der Waals surface area contributed by atoms with E-state index in [-0.39, 0.29) is 11.3 Å². The molecular formula is C12H11F4N3. The lowest BCUT2D eigenvalue weighted by atomic mass is 10.1. The Hall–Kier alpha value is -1.89. The van der Waals surface area contributed by atoms with E-state index in [2.05, 4.69) is 5.10 Å². The lowest BCUT2D eigenvalue weighted by Gasteiger charge is -2.13. The molecule has 0 amide bonds. The molecule has 0 fully saturated rings. The van der Waals surface area contributed by atoms with Crippen molar-refractivity contribution >= 4 is 0 Å². The van der Waals surface area contributed by atoms with Crippen LogP contribution in [-0.4, -0.2) is 9.78 Å². The van der Waals surface area contributed by atoms with Crippen LogP contribution >= 0.6 is 0 Å². The summed E-state index contributed by atoms with van der Waals surface area (Å²) in [6, 6.07) is 3.41. The number of rotatable bonds is 2. The quantitative estimate of drug-likeness (QED) is 0.855. The lowest BCUT2D eigenvalue weighted by Crippen LogP contribution is -2.12. The molecule has 19 heavy (non-hydrogen) atoms. The number of hydrogen-bond acceptors (Lipinski definition) is 2. The van der Waals surface area contributed by atoms with E-state index >= 15 is 0 Å². The second-order valence-corrected chi connectivity index (χ2v) is 4.13. The third-order valence-electron chi connectivity index (χ3n) is 2.64. The molecule has 1 heterocycles. The van der Waals surface area contributed by atoms with Crippen molar-refractivity contribution < 1.29 is 17.6 Å². The summed E-state index contributed by atoms with van der Waals surface area (Å²) in [5.41, 5.74) is 5.07. The second-order valence-electron chi connectivity index (χ2n) is 4.13. The van der Waals surface area contributed by atoms with E-state index in [1.165, 1.54) is 18.2 Å². The standard InChI is InChI=1S/C12H11F4N3/c1-7(17)11-9(13)3-2-4-10(11)19-6-8(5-18-19)12(14,15)16/h2-7H,17H2,1H3. The molecular weight excluding hydrogens is 262 g/mol. The van der Waals surface area contributed by atoms with E-state index in [1.54, 1.807) is 6.92 Å². The molecule has 2 rings (SSSR count). The fourth-order valence-electron chi connectivity index (χ4n) is 1.78. The first-order chi connectivity index (χ1) is 8.80. The van der Waals surface area contributed by atoms with Crippen molar-refractivity contribution in [3.05, 3.63) is 47.5 Å². The van der Waals surface area contributed by atoms with Gasteiger partial charge in [0.2, 0.25) is 0 Å². The Morgan fingerprint density at radius 1 is 1.32 bits per heavy atom. The van der Waals surface area contributed by atoms with E-state index in [0.717, 1.165) is 10.9 Å². The van der Waals surface area contributed by atoms with E-state index in [4.69, 9.17) is 5.73 Å². The van der Waals surface area contributed by atoms with Crippen LogP contribution in [0, 0.1) is 5.82 Å². The first-order valence-corrected chi connectivity index (χ1v) is 5.47. The summed E-state index contributed by atoms with van der Waals surface area (Å²) in [5.74, 6) is -0.573. The van der Waals surface area contributed by atoms with Gasteiger partial charge in [-0.25, -0.2) is 9.07 Å². The third-order valence-corrected chi connectivity index (χ3v) is 2.64. The van der Waals surface area contributed by atoms with Crippen LogP contribution in [0.4, 0.5) is 17.6 Å². The first kappa shape index (κ1) is 13.5. The summed E-state index contributed by atoms with van der Waals surface area (Å²) in [5, 5.41) is 3.61. The Balaban J connectivity index is 2.54. The molecule has 1 aromatic heterocycles. The van der Waals surface area contributed by atoms with Crippen molar-refractivity contribution in [1.29, 1.82) is 0 Å². The lowest BCUT2D eigenvalue weighted by molar-refractivity contribution is -0.137. The molecule has 0 spiro atoms. The van der Waals surface area contributed by atoms with Gasteiger partial charge in [-0.2, -0.15) is 18.3 Å². The summed E-state index contributed by atoms with van der Waals surface area (Å²) >= 11 is 0. The van der Waals surface area contributed by atoms with Crippen LogP contribution in [0.25, 0.3) is 5.69 Å². The van der Waals surface area contributed by atoms with Crippen molar-refractivity contribution in [2.75, 3.05) is 0 Å². The Kier molecular flexibility index (Phi) is 3.32. The monoisotopic (exact) mass is 273 g/mol. The molecule has 0 bridgehead atoms. The number of halogens is 4. The molecule has 2 N–H and O–H groups in total. The van der Waals surface area contributed by atoms with Crippen molar-refractivity contribution in [3.63, 3.8) is 0 Å². The minimum absolute atomic E-state index is 0.124. The van der Waals surface area contributed by atoms with Gasteiger partial charge in [0.1, 0.15) is 5.82 Å². The van der Waals surface area contributed by atoms with Gasteiger partial charge in [0.05, 0.1) is 17.4 Å². The van der Waals surface area contributed by atoms with Gasteiger partial charge in [-0.3, -0.25) is 0 Å². The minimum Gasteiger partial charge on any atom is -0.324 e. The summed E-state index contributed by atoms with van der Waals surface area (Å²) in [6.45, 7) is 1.55. The molecule has 1 unspecified atom stereocenters. The third kappa shape index (κ3) is 2.60. The molecule has 7 heteroatoms. The Morgan fingerprint density at radius 3 is 2.53 bits per heavy atom. The molecule has 0 saturated carbocycles. The van der Waals surface area contributed by atoms with Crippen LogP contribution in [0.5, 0.6) is 0 Å². The Labute approximate surface area is 106 Å². The molecule has 102 valence electrons. The van der Waals surface area contributed by atoms with E-state index in [9.17, 15) is 17.6 Å². The molecule has 2 aromatic rings. The van der Waals surface area contributed by atoms with Gasteiger partial charge in [0.25, 0.3) is 0 Å². The van der Waals surface area contributed by atoms with Gasteiger partial charge in [-0.15, -0.1) is 0 Å². The molecule has 0 aliphatic heterocycles. The van der Waals surface area contributed by atoms with Crippen LogP contribution in [0.2, 0.25) is 0 Å². The summed E-state index contributed by atoms with van der Waals surface area (Å²) in [6.07, 6.45) is -2.99. The average Bonchev–Trinajstić information content (AvgIpc) is 2.76. The van der Waals surface area contributed by atoms with E-state index < -0.39 is 23.6 Å². The van der Waals surface area contributed by atoms with Crippen molar-refractivity contribution in [2.45, 2.75) is 19.1 Å². The molecule has 0 radical (unpaired) electrons. The van der Waals surface area contributed by atoms with Gasteiger partial charge >= 0.3 is 6.18 Å². The predicted octanol–water partition coefficient (Wildman–Crippen LogP) is 3.05. The van der Waals surface area contributed by atoms with Crippen molar-refractivity contribution in [3.8, 4) is 5.69 Å². The maximum atomic E-state index is 13.7. The molecule has 0 aliphatic carbocycles. The number of nitrogens with two attached hydrogens (primary N) is 1. The molecule has 0 saturated heterocycles. The normalized spacial score (nSPS) is 13.6. The van der Waals surface area contributed by atoms with Gasteiger partial charge < -0.3 is 5.73 Å². The van der Waals surface area contributed by atoms with Gasteiger partial charge in [-0.1, -0.05) is 6.07 Å². The SMILES string of the molecule is CC(N)c1c(F)cccc1-n1cc(C(F)(F)F)cn1. The zero-order valence-electron chi connectivity index (χ0n) is 9.95. The van der Waals surface area contributed by atoms with Crippen LogP contribution in [-0.2, 0) is 6.18 Å². The second kappa shape index (κ2) is 4.65. The number of hydrogen-bond donors (Lipinski definition) is 1. The van der Waals surface area contributed by atoms with Crippen LogP contribution in [0.1, 0.15) is 24.1 Å². The first-order valence-electron chi connectivity index (χ1n) is 5.47. The minimum atomic E-state index is -4.49. The van der Waals surface area contributed by atoms with E-state index in [1.807, 2.05) is 0 Å². The highest BCUT2D eigenvalue weighted by Crippen LogP contribution is 2.30. The summed E-state index contributed by atoms with van der Waals surface area (Å²) in [7, 11) is 0. The number of aromatic nitrogens is 2. The zero-order chi connectivity index (χ0) is 14.2. The zero-order valence-corrected chi connectivity index (χ0v) is 9.95. The predicted molar refractivity (Wildman–Crippen MR) is 61.1 cm³/mol.